The smallest absolute Gasteiger partial charge is 0.255 e. The lowest BCUT2D eigenvalue weighted by Crippen LogP contribution is -2.38. The second kappa shape index (κ2) is 6.83. The van der Waals surface area contributed by atoms with Crippen LogP contribution in [0.15, 0.2) is 36.4 Å². The fraction of sp³-hybridized carbons (Fsp3) is 0.316. The van der Waals surface area contributed by atoms with Gasteiger partial charge in [0.05, 0.1) is 19.3 Å². The van der Waals surface area contributed by atoms with Gasteiger partial charge in [0.15, 0.2) is 11.5 Å². The van der Waals surface area contributed by atoms with E-state index in [4.69, 9.17) is 9.47 Å². The first-order valence-electron chi connectivity index (χ1n) is 8.11. The Balaban J connectivity index is 1.87. The highest BCUT2D eigenvalue weighted by atomic mass is 16.5. The second-order valence-corrected chi connectivity index (χ2v) is 5.86. The minimum atomic E-state index is -0.304. The van der Waals surface area contributed by atoms with Gasteiger partial charge in [-0.3, -0.25) is 4.79 Å². The van der Waals surface area contributed by atoms with Crippen LogP contribution in [-0.4, -0.2) is 19.6 Å². The first kappa shape index (κ1) is 16.2. The predicted octanol–water partition coefficient (Wildman–Crippen LogP) is 3.65. The van der Waals surface area contributed by atoms with Gasteiger partial charge in [0.25, 0.3) is 5.91 Å². The lowest BCUT2D eigenvalue weighted by atomic mass is 10.0. The first-order chi connectivity index (χ1) is 11.6. The van der Waals surface area contributed by atoms with E-state index < -0.39 is 0 Å². The van der Waals surface area contributed by atoms with Crippen molar-refractivity contribution >= 4 is 11.6 Å². The number of carbonyl (C=O) groups excluding carboxylic acids is 1. The Hall–Kier alpha value is -2.69. The maximum absolute atomic E-state index is 12.4. The van der Waals surface area contributed by atoms with Crippen LogP contribution in [-0.2, 0) is 0 Å². The van der Waals surface area contributed by atoms with Gasteiger partial charge in [0, 0.05) is 5.69 Å². The average molecular weight is 326 g/mol. The van der Waals surface area contributed by atoms with E-state index in [1.165, 1.54) is 0 Å². The van der Waals surface area contributed by atoms with Crippen molar-refractivity contribution in [3.05, 3.63) is 53.1 Å². The van der Waals surface area contributed by atoms with E-state index in [9.17, 15) is 4.79 Å². The molecule has 1 aliphatic rings. The van der Waals surface area contributed by atoms with Crippen LogP contribution in [0, 0.1) is 6.92 Å². The van der Waals surface area contributed by atoms with Gasteiger partial charge in [-0.1, -0.05) is 24.6 Å². The molecule has 0 saturated heterocycles. The molecular weight excluding hydrogens is 304 g/mol. The molecule has 5 nitrogen and oxygen atoms in total. The zero-order chi connectivity index (χ0) is 17.1. The Morgan fingerprint density at radius 1 is 1.08 bits per heavy atom. The van der Waals surface area contributed by atoms with Gasteiger partial charge < -0.3 is 20.1 Å². The number of carbonyl (C=O) groups is 1. The molecule has 0 aliphatic carbocycles. The number of amides is 1. The summed E-state index contributed by atoms with van der Waals surface area (Å²) >= 11 is 0. The molecule has 0 aromatic heterocycles. The molecule has 0 spiro atoms. The van der Waals surface area contributed by atoms with Crippen molar-refractivity contribution in [2.24, 2.45) is 0 Å². The zero-order valence-corrected chi connectivity index (χ0v) is 14.2. The zero-order valence-electron chi connectivity index (χ0n) is 14.2. The number of aryl methyl sites for hydroxylation is 1. The number of benzene rings is 2. The topological polar surface area (TPSA) is 59.6 Å². The molecule has 5 heteroatoms. The predicted molar refractivity (Wildman–Crippen MR) is 93.8 cm³/mol. The Morgan fingerprint density at radius 3 is 2.67 bits per heavy atom. The van der Waals surface area contributed by atoms with Gasteiger partial charge in [-0.25, -0.2) is 0 Å². The molecule has 2 aromatic carbocycles. The Morgan fingerprint density at radius 2 is 1.92 bits per heavy atom. The number of fused-ring (bicyclic) bond motifs is 1. The standard InChI is InChI=1S/C19H22N2O3/c1-4-9-24-16-8-6-13(11-17(16)23-3)18-20-15-7-5-12(2)10-14(15)19(22)21-18/h5-8,10-11,18,20H,4,9H2,1-3H3,(H,21,22). The third-order valence-electron chi connectivity index (χ3n) is 3.98. The Labute approximate surface area is 142 Å². The summed E-state index contributed by atoms with van der Waals surface area (Å²) in [4.78, 5) is 12.4. The van der Waals surface area contributed by atoms with Gasteiger partial charge in [0.2, 0.25) is 0 Å². The number of rotatable bonds is 5. The van der Waals surface area contributed by atoms with Crippen molar-refractivity contribution in [3.8, 4) is 11.5 Å². The molecule has 24 heavy (non-hydrogen) atoms. The van der Waals surface area contributed by atoms with Gasteiger partial charge >= 0.3 is 0 Å². The van der Waals surface area contributed by atoms with Crippen LogP contribution in [0.5, 0.6) is 11.5 Å². The average Bonchev–Trinajstić information content (AvgIpc) is 2.60. The van der Waals surface area contributed by atoms with Crippen molar-refractivity contribution < 1.29 is 14.3 Å². The summed E-state index contributed by atoms with van der Waals surface area (Å²) in [6, 6.07) is 11.5. The molecule has 0 saturated carbocycles. The van der Waals surface area contributed by atoms with Crippen molar-refractivity contribution in [2.45, 2.75) is 26.4 Å². The van der Waals surface area contributed by atoms with Crippen LogP contribution in [0.2, 0.25) is 0 Å². The maximum Gasteiger partial charge on any atom is 0.255 e. The van der Waals surface area contributed by atoms with E-state index in [2.05, 4.69) is 17.6 Å². The summed E-state index contributed by atoms with van der Waals surface area (Å²) < 4.78 is 11.1. The van der Waals surface area contributed by atoms with Crippen molar-refractivity contribution in [1.29, 1.82) is 0 Å². The molecule has 0 radical (unpaired) electrons. The molecule has 2 aromatic rings. The van der Waals surface area contributed by atoms with Gasteiger partial charge in [0.1, 0.15) is 6.17 Å². The Bertz CT molecular complexity index is 758. The quantitative estimate of drug-likeness (QED) is 0.880. The molecule has 1 amide bonds. The number of methoxy groups -OCH3 is 1. The van der Waals surface area contributed by atoms with Crippen molar-refractivity contribution in [2.75, 3.05) is 19.0 Å². The summed E-state index contributed by atoms with van der Waals surface area (Å²) in [7, 11) is 1.61. The number of ether oxygens (including phenoxy) is 2. The highest BCUT2D eigenvalue weighted by molar-refractivity contribution is 6.01. The van der Waals surface area contributed by atoms with Gasteiger partial charge in [-0.15, -0.1) is 0 Å². The van der Waals surface area contributed by atoms with Crippen LogP contribution in [0.1, 0.15) is 41.0 Å². The number of hydrogen-bond donors (Lipinski definition) is 2. The van der Waals surface area contributed by atoms with E-state index >= 15 is 0 Å². The SMILES string of the molecule is CCCOc1ccc(C2NC(=O)c3cc(C)ccc3N2)cc1OC. The molecule has 1 aliphatic heterocycles. The third kappa shape index (κ3) is 3.15. The van der Waals surface area contributed by atoms with E-state index in [1.54, 1.807) is 7.11 Å². The maximum atomic E-state index is 12.4. The highest BCUT2D eigenvalue weighted by Gasteiger charge is 2.25. The van der Waals surface area contributed by atoms with Gasteiger partial charge in [-0.05, 0) is 43.2 Å². The van der Waals surface area contributed by atoms with E-state index in [1.807, 2.05) is 43.3 Å². The summed E-state index contributed by atoms with van der Waals surface area (Å²) in [6.45, 7) is 4.67. The molecule has 126 valence electrons. The van der Waals surface area contributed by atoms with Crippen molar-refractivity contribution in [1.82, 2.24) is 5.32 Å². The van der Waals surface area contributed by atoms with E-state index in [0.29, 0.717) is 23.7 Å². The third-order valence-corrected chi connectivity index (χ3v) is 3.98. The van der Waals surface area contributed by atoms with Gasteiger partial charge in [-0.2, -0.15) is 0 Å². The summed E-state index contributed by atoms with van der Waals surface area (Å²) in [6.07, 6.45) is 0.628. The molecule has 0 bridgehead atoms. The summed E-state index contributed by atoms with van der Waals surface area (Å²) in [5, 5.41) is 6.34. The lowest BCUT2D eigenvalue weighted by Gasteiger charge is -2.28. The minimum Gasteiger partial charge on any atom is -0.493 e. The Kier molecular flexibility index (Phi) is 4.60. The highest BCUT2D eigenvalue weighted by Crippen LogP contribution is 2.33. The molecule has 1 heterocycles. The van der Waals surface area contributed by atoms with Crippen molar-refractivity contribution in [3.63, 3.8) is 0 Å². The van der Waals surface area contributed by atoms with E-state index in [0.717, 1.165) is 23.2 Å². The fourth-order valence-corrected chi connectivity index (χ4v) is 2.73. The molecule has 2 N–H and O–H groups in total. The normalized spacial score (nSPS) is 16.0. The molecule has 1 atom stereocenters. The first-order valence-corrected chi connectivity index (χ1v) is 8.11. The largest absolute Gasteiger partial charge is 0.493 e. The number of nitrogens with one attached hydrogen (secondary N) is 2. The summed E-state index contributed by atoms with van der Waals surface area (Å²) in [5.74, 6) is 1.29. The summed E-state index contributed by atoms with van der Waals surface area (Å²) in [5.41, 5.74) is 3.47. The fourth-order valence-electron chi connectivity index (χ4n) is 2.73. The molecule has 0 fully saturated rings. The monoisotopic (exact) mass is 326 g/mol. The van der Waals surface area contributed by atoms with Crippen LogP contribution < -0.4 is 20.1 Å². The molecule has 1 unspecified atom stereocenters. The molecular formula is C19H22N2O3. The van der Waals surface area contributed by atoms with Crippen LogP contribution >= 0.6 is 0 Å². The number of hydrogen-bond acceptors (Lipinski definition) is 4. The van der Waals surface area contributed by atoms with Crippen LogP contribution in [0.3, 0.4) is 0 Å². The number of anilines is 1. The van der Waals surface area contributed by atoms with E-state index in [-0.39, 0.29) is 12.1 Å². The minimum absolute atomic E-state index is 0.0808. The van der Waals surface area contributed by atoms with Crippen LogP contribution in [0.4, 0.5) is 5.69 Å². The van der Waals surface area contributed by atoms with Crippen LogP contribution in [0.25, 0.3) is 0 Å². The molecule has 3 rings (SSSR count). The lowest BCUT2D eigenvalue weighted by molar-refractivity contribution is 0.0935. The second-order valence-electron chi connectivity index (χ2n) is 5.86.